The zero-order chi connectivity index (χ0) is 12.1. The summed E-state index contributed by atoms with van der Waals surface area (Å²) < 4.78 is 0. The lowest BCUT2D eigenvalue weighted by molar-refractivity contribution is 0.352. The number of fused-ring (bicyclic) bond motifs is 1. The highest BCUT2D eigenvalue weighted by Gasteiger charge is 2.34. The van der Waals surface area contributed by atoms with Crippen molar-refractivity contribution in [2.75, 3.05) is 13.1 Å². The van der Waals surface area contributed by atoms with E-state index < -0.39 is 0 Å². The van der Waals surface area contributed by atoms with Crippen molar-refractivity contribution in [2.45, 2.75) is 31.7 Å². The van der Waals surface area contributed by atoms with E-state index in [-0.39, 0.29) is 5.54 Å². The van der Waals surface area contributed by atoms with Crippen molar-refractivity contribution in [3.05, 3.63) is 35.4 Å². The van der Waals surface area contributed by atoms with Gasteiger partial charge in [-0.25, -0.2) is 0 Å². The van der Waals surface area contributed by atoms with Gasteiger partial charge in [-0.05, 0) is 30.9 Å². The normalized spacial score (nSPS) is 16.1. The van der Waals surface area contributed by atoms with Crippen LogP contribution in [0, 0.1) is 11.8 Å². The molecule has 0 bridgehead atoms. The largest absolute Gasteiger partial charge is 0.329 e. The van der Waals surface area contributed by atoms with E-state index in [4.69, 9.17) is 5.73 Å². The highest BCUT2D eigenvalue weighted by Crippen LogP contribution is 2.29. The van der Waals surface area contributed by atoms with Crippen molar-refractivity contribution in [1.82, 2.24) is 5.32 Å². The van der Waals surface area contributed by atoms with Crippen LogP contribution in [-0.2, 0) is 12.8 Å². The molecule has 2 heteroatoms. The molecular weight excluding hydrogens is 208 g/mol. The monoisotopic (exact) mass is 228 g/mol. The Morgan fingerprint density at radius 2 is 1.94 bits per heavy atom. The molecule has 90 valence electrons. The summed E-state index contributed by atoms with van der Waals surface area (Å²) in [5.74, 6) is 6.00. The number of hydrogen-bond acceptors (Lipinski definition) is 2. The lowest BCUT2D eigenvalue weighted by Crippen LogP contribution is -2.52. The average molecular weight is 228 g/mol. The molecular formula is C15H20N2. The van der Waals surface area contributed by atoms with E-state index in [0.29, 0.717) is 6.54 Å². The molecule has 0 aliphatic heterocycles. The Bertz CT molecular complexity index is 415. The molecule has 1 aliphatic carbocycles. The molecule has 0 saturated carbocycles. The molecule has 0 unspecified atom stereocenters. The number of benzene rings is 1. The van der Waals surface area contributed by atoms with Crippen LogP contribution in [0.25, 0.3) is 0 Å². The van der Waals surface area contributed by atoms with Gasteiger partial charge in [-0.1, -0.05) is 24.3 Å². The molecule has 1 aromatic rings. The molecule has 0 saturated heterocycles. The van der Waals surface area contributed by atoms with Crippen LogP contribution >= 0.6 is 0 Å². The lowest BCUT2D eigenvalue weighted by atomic mass is 9.95. The summed E-state index contributed by atoms with van der Waals surface area (Å²) in [6, 6.07) is 8.63. The zero-order valence-corrected chi connectivity index (χ0v) is 10.4. The fourth-order valence-electron chi connectivity index (χ4n) is 2.55. The van der Waals surface area contributed by atoms with Gasteiger partial charge in [0.05, 0.1) is 0 Å². The molecule has 0 atom stereocenters. The van der Waals surface area contributed by atoms with Gasteiger partial charge in [-0.3, -0.25) is 0 Å². The summed E-state index contributed by atoms with van der Waals surface area (Å²) in [6.45, 7) is 3.48. The van der Waals surface area contributed by atoms with Crippen molar-refractivity contribution in [2.24, 2.45) is 5.73 Å². The van der Waals surface area contributed by atoms with Crippen LogP contribution in [0.4, 0.5) is 0 Å². The van der Waals surface area contributed by atoms with Crippen LogP contribution < -0.4 is 11.1 Å². The fourth-order valence-corrected chi connectivity index (χ4v) is 2.55. The third-order valence-electron chi connectivity index (χ3n) is 3.49. The van der Waals surface area contributed by atoms with Crippen molar-refractivity contribution < 1.29 is 0 Å². The molecule has 3 N–H and O–H groups in total. The van der Waals surface area contributed by atoms with Crippen molar-refractivity contribution >= 4 is 0 Å². The molecule has 2 rings (SSSR count). The summed E-state index contributed by atoms with van der Waals surface area (Å²) in [6.07, 6.45) is 2.98. The predicted molar refractivity (Wildman–Crippen MR) is 71.7 cm³/mol. The third kappa shape index (κ3) is 2.69. The second kappa shape index (κ2) is 5.35. The molecule has 0 spiro atoms. The van der Waals surface area contributed by atoms with Gasteiger partial charge in [-0.2, -0.15) is 0 Å². The zero-order valence-electron chi connectivity index (χ0n) is 10.4. The topological polar surface area (TPSA) is 38.0 Å². The van der Waals surface area contributed by atoms with Gasteiger partial charge < -0.3 is 11.1 Å². The Morgan fingerprint density at radius 3 is 2.47 bits per heavy atom. The first-order chi connectivity index (χ1) is 8.29. The number of rotatable bonds is 4. The van der Waals surface area contributed by atoms with Crippen LogP contribution in [-0.4, -0.2) is 18.6 Å². The molecule has 0 amide bonds. The Hall–Kier alpha value is -1.30. The van der Waals surface area contributed by atoms with Crippen LogP contribution in [0.2, 0.25) is 0 Å². The number of nitrogens with two attached hydrogens (primary N) is 1. The Labute approximate surface area is 104 Å². The van der Waals surface area contributed by atoms with E-state index in [2.05, 4.69) is 41.4 Å². The Morgan fingerprint density at radius 1 is 1.29 bits per heavy atom. The second-order valence-electron chi connectivity index (χ2n) is 4.71. The van der Waals surface area contributed by atoms with Crippen LogP contribution in [0.15, 0.2) is 24.3 Å². The molecule has 0 fully saturated rings. The number of nitrogens with one attached hydrogen (secondary N) is 1. The minimum atomic E-state index is 0.0547. The standard InChI is InChI=1S/C15H20N2/c1-2-3-6-9-17-15(12-16)10-13-7-4-5-8-14(13)11-15/h4-5,7-8,17H,6,9-12,16H2,1H3. The smallest absolute Gasteiger partial charge is 0.0385 e. The van der Waals surface area contributed by atoms with Gasteiger partial charge in [0.2, 0.25) is 0 Å². The minimum Gasteiger partial charge on any atom is -0.329 e. The SMILES string of the molecule is CC#CCCNC1(CN)Cc2ccccc2C1. The van der Waals surface area contributed by atoms with Gasteiger partial charge >= 0.3 is 0 Å². The van der Waals surface area contributed by atoms with Gasteiger partial charge in [0.15, 0.2) is 0 Å². The highest BCUT2D eigenvalue weighted by molar-refractivity contribution is 5.36. The summed E-state index contributed by atoms with van der Waals surface area (Å²) in [5.41, 5.74) is 8.89. The maximum Gasteiger partial charge on any atom is 0.0385 e. The maximum atomic E-state index is 5.96. The van der Waals surface area contributed by atoms with Gasteiger partial charge in [0.25, 0.3) is 0 Å². The summed E-state index contributed by atoms with van der Waals surface area (Å²) in [7, 11) is 0. The molecule has 1 aromatic carbocycles. The van der Waals surface area contributed by atoms with E-state index in [0.717, 1.165) is 25.8 Å². The molecule has 0 radical (unpaired) electrons. The predicted octanol–water partition coefficient (Wildman–Crippen LogP) is 1.49. The quantitative estimate of drug-likeness (QED) is 0.605. The highest BCUT2D eigenvalue weighted by atomic mass is 15.0. The molecule has 2 nitrogen and oxygen atoms in total. The van der Waals surface area contributed by atoms with E-state index in [1.807, 2.05) is 6.92 Å². The van der Waals surface area contributed by atoms with E-state index in [1.165, 1.54) is 11.1 Å². The fraction of sp³-hybridized carbons (Fsp3) is 0.467. The van der Waals surface area contributed by atoms with E-state index in [9.17, 15) is 0 Å². The maximum absolute atomic E-state index is 5.96. The first kappa shape index (κ1) is 12.2. The first-order valence-corrected chi connectivity index (χ1v) is 6.21. The molecule has 17 heavy (non-hydrogen) atoms. The van der Waals surface area contributed by atoms with Gasteiger partial charge in [0, 0.05) is 25.0 Å². The van der Waals surface area contributed by atoms with E-state index >= 15 is 0 Å². The summed E-state index contributed by atoms with van der Waals surface area (Å²) in [5, 5.41) is 3.60. The first-order valence-electron chi connectivity index (χ1n) is 6.21. The molecule has 0 heterocycles. The third-order valence-corrected chi connectivity index (χ3v) is 3.49. The van der Waals surface area contributed by atoms with Crippen molar-refractivity contribution in [1.29, 1.82) is 0 Å². The van der Waals surface area contributed by atoms with Crippen LogP contribution in [0.3, 0.4) is 0 Å². The van der Waals surface area contributed by atoms with Gasteiger partial charge in [-0.15, -0.1) is 11.8 Å². The summed E-state index contributed by atoms with van der Waals surface area (Å²) >= 11 is 0. The van der Waals surface area contributed by atoms with Crippen LogP contribution in [0.1, 0.15) is 24.5 Å². The average Bonchev–Trinajstić information content (AvgIpc) is 2.74. The van der Waals surface area contributed by atoms with Crippen LogP contribution in [0.5, 0.6) is 0 Å². The minimum absolute atomic E-state index is 0.0547. The second-order valence-corrected chi connectivity index (χ2v) is 4.71. The van der Waals surface area contributed by atoms with Crippen molar-refractivity contribution in [3.63, 3.8) is 0 Å². The Balaban J connectivity index is 2.01. The summed E-state index contributed by atoms with van der Waals surface area (Å²) in [4.78, 5) is 0. The lowest BCUT2D eigenvalue weighted by Gasteiger charge is -2.28. The van der Waals surface area contributed by atoms with E-state index in [1.54, 1.807) is 0 Å². The van der Waals surface area contributed by atoms with Gasteiger partial charge in [0.1, 0.15) is 0 Å². The molecule has 1 aliphatic rings. The molecule has 0 aromatic heterocycles. The number of hydrogen-bond donors (Lipinski definition) is 2. The van der Waals surface area contributed by atoms with Crippen molar-refractivity contribution in [3.8, 4) is 11.8 Å². The Kier molecular flexibility index (Phi) is 3.83.